The zero-order chi connectivity index (χ0) is 81.9. The Morgan fingerprint density at radius 2 is 0.243 bits per heavy atom. The van der Waals surface area contributed by atoms with Gasteiger partial charge in [-0.05, 0) is 143 Å². The summed E-state index contributed by atoms with van der Waals surface area (Å²) in [6.45, 7) is 0. The molecule has 6 aliphatic rings. The van der Waals surface area contributed by atoms with Crippen LogP contribution < -0.4 is 32.1 Å². The van der Waals surface area contributed by atoms with E-state index in [9.17, 15) is 158 Å². The van der Waals surface area contributed by atoms with Crippen LogP contribution in [0.5, 0.6) is 0 Å². The Kier molecular flexibility index (Phi) is 19.1. The fourth-order valence-electron chi connectivity index (χ4n) is 13.7. The number of rotatable bonds is 6. The zero-order valence-corrected chi connectivity index (χ0v) is 55.3. The Bertz CT molecular complexity index is 4280. The average Bonchev–Trinajstić information content (AvgIpc) is 1.62. The number of hydrogen-bond donors (Lipinski definition) is 0. The molecule has 0 radical (unpaired) electrons. The van der Waals surface area contributed by atoms with Crippen LogP contribution >= 0.6 is 35.3 Å². The van der Waals surface area contributed by atoms with Gasteiger partial charge in [-0.15, -0.1) is 35.3 Å². The predicted octanol–water partition coefficient (Wildman–Crippen LogP) is 20.6. The summed E-state index contributed by atoms with van der Waals surface area (Å²) >= 11 is -0.205. The molecule has 12 unspecified atom stereocenters. The van der Waals surface area contributed by atoms with Crippen molar-refractivity contribution in [1.82, 2.24) is 0 Å². The van der Waals surface area contributed by atoms with Crippen LogP contribution in [0, 0.1) is 0 Å². The summed E-state index contributed by atoms with van der Waals surface area (Å²) in [5, 5.41) is -21.1. The standard InChI is InChI=1S/C66H30F36N6S3/c67-55(68,69)25-1-19(2-26(13-25)56(70,71)72)49-43-44(50(109-49)20-3-27(57(73,74)75)14-28(4-20)58(76,77)78)104-38-37(103-43)39-41(107-46-45(105-39)51(21-5-29(59(79,80)81)15-30(6-21)60(82,83)84)110-52(46)22-7-31(61(85,86)87)16-32(8-22)62(88,89)90)42-40(38)106-47-48(108-42)54(24-11-35(65(97,98)99)18-36(12-24)66(100,101)102)111-53(47)23-9-33(63(91,92)93)17-34(10-23)64(94,95)96/h1-18,43-54H. The van der Waals surface area contributed by atoms with E-state index in [4.69, 9.17) is 0 Å². The van der Waals surface area contributed by atoms with Gasteiger partial charge in [-0.3, -0.25) is 30.0 Å². The van der Waals surface area contributed by atoms with Crippen molar-refractivity contribution in [3.63, 3.8) is 0 Å². The molecule has 111 heavy (non-hydrogen) atoms. The number of thioether (sulfide) groups is 3. The average molecular weight is 1690 g/mol. The summed E-state index contributed by atoms with van der Waals surface area (Å²) in [6, 6.07) is -17.4. The largest absolute Gasteiger partial charge is 0.416 e. The van der Waals surface area contributed by atoms with E-state index in [2.05, 4.69) is 30.0 Å². The van der Waals surface area contributed by atoms with Gasteiger partial charge in [0.25, 0.3) is 0 Å². The van der Waals surface area contributed by atoms with Gasteiger partial charge in [0, 0.05) is 0 Å². The highest BCUT2D eigenvalue weighted by Crippen LogP contribution is 2.62. The first-order valence-corrected chi connectivity index (χ1v) is 33.6. The van der Waals surface area contributed by atoms with Gasteiger partial charge in [0.1, 0.15) is 32.1 Å². The van der Waals surface area contributed by atoms with Crippen LogP contribution in [0.3, 0.4) is 0 Å². The van der Waals surface area contributed by atoms with Gasteiger partial charge < -0.3 is 0 Å². The summed E-state index contributed by atoms with van der Waals surface area (Å²) in [6.07, 6.45) is -69.6. The molecule has 0 saturated carbocycles. The molecule has 7 aromatic rings. The Balaban J connectivity index is 1.21. The van der Waals surface area contributed by atoms with Crippen molar-refractivity contribution in [1.29, 1.82) is 0 Å². The predicted molar refractivity (Wildman–Crippen MR) is 314 cm³/mol. The van der Waals surface area contributed by atoms with Gasteiger partial charge in [0.05, 0.1) is 135 Å². The molecule has 7 aromatic carbocycles. The SMILES string of the molecule is FC(F)(F)c1cc(C2SC(c3cc(C(F)(F)F)cc(C(F)(F)F)c3)C3N=c4c(c5c(c6c4=NC4C(c7cc(C(F)(F)F)cc(C(F)(F)F)c7)SC(c7cc(C(F)(F)F)cc(C(F)(F)F)c7)C4N=6)=NC4C(c6cc(C(F)(F)F)cc(C(F)(F)F)c6)SC(c6cc(C(F)(F)F)cc(C(F)(F)F)c6)C4N=5)=NC23)cc(C(F)(F)F)c1. The molecule has 45 heteroatoms. The van der Waals surface area contributed by atoms with E-state index < -0.39 is 311 Å². The fraction of sp³-hybridized carbons (Fsp3) is 0.364. The van der Waals surface area contributed by atoms with E-state index in [-0.39, 0.29) is 108 Å². The van der Waals surface area contributed by atoms with Gasteiger partial charge in [0.15, 0.2) is 0 Å². The molecule has 6 aliphatic heterocycles. The molecule has 3 saturated heterocycles. The topological polar surface area (TPSA) is 74.2 Å². The Hall–Kier alpha value is -8.13. The third-order valence-corrected chi connectivity index (χ3v) is 23.5. The summed E-state index contributed by atoms with van der Waals surface area (Å²) < 4.78 is 533. The highest BCUT2D eigenvalue weighted by molar-refractivity contribution is 8.00. The van der Waals surface area contributed by atoms with Crippen LogP contribution in [0.15, 0.2) is 139 Å². The monoisotopic (exact) mass is 1690 g/mol. The van der Waals surface area contributed by atoms with Crippen molar-refractivity contribution < 1.29 is 158 Å². The molecule has 6 heterocycles. The van der Waals surface area contributed by atoms with E-state index >= 15 is 0 Å². The summed E-state index contributed by atoms with van der Waals surface area (Å²) in [5.74, 6) is 0. The third-order valence-electron chi connectivity index (χ3n) is 18.4. The first kappa shape index (κ1) is 80.9. The number of fused-ring (bicyclic) bond motifs is 9. The third kappa shape index (κ3) is 15.5. The van der Waals surface area contributed by atoms with Crippen LogP contribution in [-0.2, 0) is 74.1 Å². The van der Waals surface area contributed by atoms with Crippen molar-refractivity contribution in [2.24, 2.45) is 30.0 Å². The summed E-state index contributed by atoms with van der Waals surface area (Å²) in [5.41, 5.74) is -33.3. The first-order valence-electron chi connectivity index (χ1n) is 30.7. The highest BCUT2D eigenvalue weighted by atomic mass is 32.2. The lowest BCUT2D eigenvalue weighted by Gasteiger charge is -2.28. The molecule has 13 rings (SSSR count). The van der Waals surface area contributed by atoms with Crippen LogP contribution in [0.2, 0.25) is 0 Å². The molecule has 0 spiro atoms. The molecular weight excluding hydrogens is 1660 g/mol. The van der Waals surface area contributed by atoms with Crippen molar-refractivity contribution in [3.05, 3.63) is 241 Å². The quantitative estimate of drug-likeness (QED) is 0.156. The molecule has 0 aromatic heterocycles. The lowest BCUT2D eigenvalue weighted by atomic mass is 9.89. The molecule has 6 nitrogen and oxygen atoms in total. The lowest BCUT2D eigenvalue weighted by Crippen LogP contribution is -2.70. The van der Waals surface area contributed by atoms with E-state index in [0.29, 0.717) is 0 Å². The Labute approximate surface area is 604 Å². The Morgan fingerprint density at radius 1 is 0.153 bits per heavy atom. The van der Waals surface area contributed by atoms with Gasteiger partial charge in [-0.2, -0.15) is 158 Å². The van der Waals surface area contributed by atoms with Gasteiger partial charge in [0.2, 0.25) is 0 Å². The number of alkyl halides is 36. The highest BCUT2D eigenvalue weighted by Gasteiger charge is 2.56. The second kappa shape index (κ2) is 26.2. The minimum Gasteiger partial charge on any atom is -0.274 e. The van der Waals surface area contributed by atoms with Crippen LogP contribution in [0.1, 0.15) is 132 Å². The number of halogens is 36. The Morgan fingerprint density at radius 3 is 0.324 bits per heavy atom. The number of benzene rings is 7. The molecular formula is C66H30F36N6S3. The fourth-order valence-corrected chi connectivity index (χ4v) is 18.7. The van der Waals surface area contributed by atoms with Gasteiger partial charge >= 0.3 is 74.1 Å². The van der Waals surface area contributed by atoms with E-state index in [1.54, 1.807) is 0 Å². The lowest BCUT2D eigenvalue weighted by molar-refractivity contribution is -0.144. The maximum absolute atomic E-state index is 14.8. The second-order valence-electron chi connectivity index (χ2n) is 25.8. The summed E-state index contributed by atoms with van der Waals surface area (Å²) in [7, 11) is 0. The second-order valence-corrected chi connectivity index (χ2v) is 29.6. The minimum absolute atomic E-state index is 0.0112. The minimum atomic E-state index is -5.80. The summed E-state index contributed by atoms with van der Waals surface area (Å²) in [4.78, 5) is 27.1. The molecule has 3 fully saturated rings. The maximum Gasteiger partial charge on any atom is 0.416 e. The van der Waals surface area contributed by atoms with Crippen LogP contribution in [0.4, 0.5) is 158 Å². The van der Waals surface area contributed by atoms with Crippen LogP contribution in [-0.4, -0.2) is 36.3 Å². The van der Waals surface area contributed by atoms with E-state index in [1.165, 1.54) is 0 Å². The van der Waals surface area contributed by atoms with E-state index in [1.807, 2.05) is 0 Å². The van der Waals surface area contributed by atoms with Gasteiger partial charge in [-0.25, -0.2) is 0 Å². The number of nitrogens with zero attached hydrogens (tertiary/aromatic N) is 6. The zero-order valence-electron chi connectivity index (χ0n) is 52.8. The van der Waals surface area contributed by atoms with Crippen LogP contribution in [0.25, 0.3) is 0 Å². The van der Waals surface area contributed by atoms with E-state index in [0.717, 1.165) is 0 Å². The molecule has 594 valence electrons. The van der Waals surface area contributed by atoms with Crippen molar-refractivity contribution in [2.75, 3.05) is 0 Å². The normalized spacial score (nSPS) is 24.5. The first-order chi connectivity index (χ1) is 50.5. The smallest absolute Gasteiger partial charge is 0.274 e. The molecule has 0 aliphatic carbocycles. The number of hydrogen-bond acceptors (Lipinski definition) is 9. The molecule has 0 amide bonds. The van der Waals surface area contributed by atoms with Crippen molar-refractivity contribution >= 4 is 35.3 Å². The molecule has 12 atom stereocenters. The maximum atomic E-state index is 14.8. The molecule has 0 N–H and O–H groups in total. The van der Waals surface area contributed by atoms with Gasteiger partial charge in [-0.1, -0.05) is 0 Å². The van der Waals surface area contributed by atoms with Crippen molar-refractivity contribution in [3.8, 4) is 0 Å². The van der Waals surface area contributed by atoms with Crippen molar-refractivity contribution in [2.45, 2.75) is 142 Å². The molecule has 0 bridgehead atoms.